The number of nitrogens with zero attached hydrogens (tertiary/aromatic N) is 8. The molecule has 0 fully saturated rings. The maximum Gasteiger partial charge on any atom is 0.299 e. The Balaban J connectivity index is 1.65. The van der Waals surface area contributed by atoms with E-state index < -0.39 is 24.2 Å². The fourth-order valence-electron chi connectivity index (χ4n) is 3.60. The third-order valence-corrected chi connectivity index (χ3v) is 6.26. The summed E-state index contributed by atoms with van der Waals surface area (Å²) in [5.41, 5.74) is 1.40. The normalized spacial score (nSPS) is 12.5. The summed E-state index contributed by atoms with van der Waals surface area (Å²) in [6, 6.07) is 4.93. The molecule has 0 aliphatic heterocycles. The Hall–Kier alpha value is -4.07. The second-order valence-electron chi connectivity index (χ2n) is 7.42. The van der Waals surface area contributed by atoms with E-state index in [1.807, 2.05) is 26.0 Å². The Morgan fingerprint density at radius 1 is 1.29 bits per heavy atom. The lowest BCUT2D eigenvalue weighted by Gasteiger charge is -2.15. The standard InChI is InChI=1S/C20H18F2N10OS/c1-3-12(17-24-9-25-27-17)26-20(33)11-6-13(32-19(16(21)22)28-29-30-32)18-23-7-14(31(18)8-11)15-5-4-10(2)34-15/h4-9,12,16H,3H2,1-2H3,(H,26,33)(H,24,25,27)/t12-/m0/s1. The third kappa shape index (κ3) is 3.81. The Morgan fingerprint density at radius 3 is 2.82 bits per heavy atom. The monoisotopic (exact) mass is 484 g/mol. The number of fused-ring (bicyclic) bond motifs is 1. The number of amides is 1. The largest absolute Gasteiger partial charge is 0.342 e. The molecule has 5 aromatic rings. The zero-order valence-electron chi connectivity index (χ0n) is 18.0. The van der Waals surface area contributed by atoms with Crippen molar-refractivity contribution in [2.45, 2.75) is 32.7 Å². The van der Waals surface area contributed by atoms with Crippen LogP contribution in [0.4, 0.5) is 8.78 Å². The van der Waals surface area contributed by atoms with Crippen LogP contribution in [-0.4, -0.2) is 50.7 Å². The van der Waals surface area contributed by atoms with Crippen molar-refractivity contribution in [3.05, 3.63) is 59.0 Å². The van der Waals surface area contributed by atoms with Crippen LogP contribution in [0.5, 0.6) is 0 Å². The number of alkyl halides is 2. The summed E-state index contributed by atoms with van der Waals surface area (Å²) in [5, 5.41) is 21.2. The predicted molar refractivity (Wildman–Crippen MR) is 118 cm³/mol. The summed E-state index contributed by atoms with van der Waals surface area (Å²) >= 11 is 1.55. The number of tetrazole rings is 1. The predicted octanol–water partition coefficient (Wildman–Crippen LogP) is 3.28. The summed E-state index contributed by atoms with van der Waals surface area (Å²) in [5.74, 6) is -0.570. The van der Waals surface area contributed by atoms with Gasteiger partial charge in [0.2, 0.25) is 5.82 Å². The van der Waals surface area contributed by atoms with Crippen molar-refractivity contribution in [1.82, 2.24) is 50.1 Å². The maximum atomic E-state index is 13.6. The van der Waals surface area contributed by atoms with E-state index in [2.05, 4.69) is 41.0 Å². The van der Waals surface area contributed by atoms with Gasteiger partial charge in [0.25, 0.3) is 12.3 Å². The highest BCUT2D eigenvalue weighted by Gasteiger charge is 2.24. The lowest BCUT2D eigenvalue weighted by atomic mass is 10.1. The molecule has 0 aliphatic carbocycles. The Kier molecular flexibility index (Phi) is 5.57. The number of pyridine rings is 1. The van der Waals surface area contributed by atoms with Gasteiger partial charge in [-0.2, -0.15) is 4.68 Å². The number of rotatable bonds is 7. The number of hydrogen-bond acceptors (Lipinski definition) is 8. The molecule has 14 heteroatoms. The van der Waals surface area contributed by atoms with Crippen LogP contribution >= 0.6 is 11.3 Å². The summed E-state index contributed by atoms with van der Waals surface area (Å²) in [7, 11) is 0. The highest BCUT2D eigenvalue weighted by Crippen LogP contribution is 2.31. The Bertz CT molecular complexity index is 1460. The number of halogens is 2. The highest BCUT2D eigenvalue weighted by molar-refractivity contribution is 7.15. The molecule has 0 saturated heterocycles. The van der Waals surface area contributed by atoms with Gasteiger partial charge in [-0.1, -0.05) is 6.92 Å². The van der Waals surface area contributed by atoms with Gasteiger partial charge < -0.3 is 10.3 Å². The lowest BCUT2D eigenvalue weighted by Crippen LogP contribution is -2.29. The number of hydrogen-bond donors (Lipinski definition) is 2. The van der Waals surface area contributed by atoms with E-state index in [1.165, 1.54) is 12.4 Å². The van der Waals surface area contributed by atoms with Gasteiger partial charge in [-0.3, -0.25) is 9.20 Å². The molecule has 1 atom stereocenters. The van der Waals surface area contributed by atoms with Crippen LogP contribution in [0.15, 0.2) is 36.9 Å². The number of aryl methyl sites for hydroxylation is 1. The minimum atomic E-state index is -2.92. The van der Waals surface area contributed by atoms with E-state index in [4.69, 9.17) is 0 Å². The van der Waals surface area contributed by atoms with E-state index >= 15 is 0 Å². The van der Waals surface area contributed by atoms with Crippen LogP contribution in [0.25, 0.3) is 21.9 Å². The van der Waals surface area contributed by atoms with Crippen molar-refractivity contribution in [3.63, 3.8) is 0 Å². The third-order valence-electron chi connectivity index (χ3n) is 5.24. The van der Waals surface area contributed by atoms with E-state index in [0.29, 0.717) is 23.6 Å². The first-order chi connectivity index (χ1) is 16.5. The van der Waals surface area contributed by atoms with E-state index in [9.17, 15) is 13.6 Å². The molecule has 0 aromatic carbocycles. The number of imidazole rings is 1. The molecule has 0 unspecified atom stereocenters. The van der Waals surface area contributed by atoms with Crippen LogP contribution < -0.4 is 5.32 Å². The molecule has 2 N–H and O–H groups in total. The minimum absolute atomic E-state index is 0.153. The van der Waals surface area contributed by atoms with Crippen molar-refractivity contribution in [3.8, 4) is 16.3 Å². The molecule has 11 nitrogen and oxygen atoms in total. The molecule has 5 rings (SSSR count). The molecular weight excluding hydrogens is 466 g/mol. The fraction of sp³-hybridized carbons (Fsp3) is 0.250. The van der Waals surface area contributed by atoms with Crippen molar-refractivity contribution >= 4 is 22.9 Å². The maximum absolute atomic E-state index is 13.6. The topological polar surface area (TPSA) is 132 Å². The number of nitrogens with one attached hydrogen (secondary N) is 2. The summed E-state index contributed by atoms with van der Waals surface area (Å²) in [6.07, 6.45) is 2.31. The molecule has 5 aromatic heterocycles. The molecular formula is C20H18F2N10OS. The Labute approximate surface area is 194 Å². The molecule has 174 valence electrons. The van der Waals surface area contributed by atoms with Crippen molar-refractivity contribution < 1.29 is 13.6 Å². The average Bonchev–Trinajstić information content (AvgIpc) is 3.62. The van der Waals surface area contributed by atoms with E-state index in [0.717, 1.165) is 14.4 Å². The zero-order valence-corrected chi connectivity index (χ0v) is 18.8. The number of H-pyrrole nitrogens is 1. The number of aromatic nitrogens is 9. The van der Waals surface area contributed by atoms with Gasteiger partial charge in [0, 0.05) is 11.1 Å². The first kappa shape index (κ1) is 21.8. The van der Waals surface area contributed by atoms with Gasteiger partial charge in [-0.15, -0.1) is 26.6 Å². The van der Waals surface area contributed by atoms with Crippen LogP contribution in [0.3, 0.4) is 0 Å². The SMILES string of the molecule is CC[C@H](NC(=O)c1cc(-n2nnnc2C(F)F)c2ncc(-c3ccc(C)s3)n2c1)c1nnc[nH]1. The molecule has 0 radical (unpaired) electrons. The smallest absolute Gasteiger partial charge is 0.299 e. The van der Waals surface area contributed by atoms with Gasteiger partial charge >= 0.3 is 0 Å². The summed E-state index contributed by atoms with van der Waals surface area (Å²) in [4.78, 5) is 22.6. The quantitative estimate of drug-likeness (QED) is 0.362. The van der Waals surface area contributed by atoms with E-state index in [-0.39, 0.29) is 11.3 Å². The molecule has 34 heavy (non-hydrogen) atoms. The highest BCUT2D eigenvalue weighted by atomic mass is 32.1. The summed E-state index contributed by atoms with van der Waals surface area (Å²) < 4.78 is 29.7. The molecule has 0 aliphatic rings. The first-order valence-electron chi connectivity index (χ1n) is 10.3. The van der Waals surface area contributed by atoms with Crippen LogP contribution in [0.1, 0.15) is 52.7 Å². The first-order valence-corrected chi connectivity index (χ1v) is 11.1. The van der Waals surface area contributed by atoms with Gasteiger partial charge in [-0.05, 0) is 42.0 Å². The van der Waals surface area contributed by atoms with Crippen LogP contribution in [0.2, 0.25) is 0 Å². The molecule has 0 spiro atoms. The lowest BCUT2D eigenvalue weighted by molar-refractivity contribution is 0.0933. The molecule has 0 saturated carbocycles. The second kappa shape index (κ2) is 8.70. The van der Waals surface area contributed by atoms with Crippen LogP contribution in [-0.2, 0) is 0 Å². The molecule has 1 amide bonds. The van der Waals surface area contributed by atoms with Gasteiger partial charge in [0.15, 0.2) is 11.5 Å². The zero-order chi connectivity index (χ0) is 23.8. The van der Waals surface area contributed by atoms with Crippen molar-refractivity contribution in [2.24, 2.45) is 0 Å². The Morgan fingerprint density at radius 2 is 2.15 bits per heavy atom. The van der Waals surface area contributed by atoms with Crippen molar-refractivity contribution in [1.29, 1.82) is 0 Å². The summed E-state index contributed by atoms with van der Waals surface area (Å²) in [6.45, 7) is 3.87. The molecule has 5 heterocycles. The number of carbonyl (C=O) groups is 1. The van der Waals surface area contributed by atoms with Crippen molar-refractivity contribution in [2.75, 3.05) is 0 Å². The van der Waals surface area contributed by atoms with Crippen LogP contribution in [0, 0.1) is 6.92 Å². The molecule has 0 bridgehead atoms. The second-order valence-corrected chi connectivity index (χ2v) is 8.71. The van der Waals surface area contributed by atoms with Gasteiger partial charge in [0.1, 0.15) is 12.0 Å². The fourth-order valence-corrected chi connectivity index (χ4v) is 4.47. The van der Waals surface area contributed by atoms with E-state index in [1.54, 1.807) is 28.1 Å². The van der Waals surface area contributed by atoms with Gasteiger partial charge in [-0.25, -0.2) is 13.8 Å². The number of thiophene rings is 1. The number of aromatic amines is 1. The minimum Gasteiger partial charge on any atom is -0.342 e. The van der Waals surface area contributed by atoms with Gasteiger partial charge in [0.05, 0.1) is 28.4 Å². The average molecular weight is 484 g/mol. The number of carbonyl (C=O) groups excluding carboxylic acids is 1.